The van der Waals surface area contributed by atoms with Gasteiger partial charge in [0.2, 0.25) is 0 Å². The zero-order valence-corrected chi connectivity index (χ0v) is 9.87. The number of hydrogen-bond donors (Lipinski definition) is 1. The van der Waals surface area contributed by atoms with Crippen LogP contribution in [0.5, 0.6) is 0 Å². The van der Waals surface area contributed by atoms with Gasteiger partial charge in [0, 0.05) is 18.7 Å². The molecule has 0 aromatic carbocycles. The second kappa shape index (κ2) is 5.34. The molecule has 1 aromatic rings. The van der Waals surface area contributed by atoms with Crippen LogP contribution in [-0.4, -0.2) is 31.6 Å². The van der Waals surface area contributed by atoms with Crippen molar-refractivity contribution in [3.8, 4) is 0 Å². The number of thioether (sulfide) groups is 1. The molecule has 0 atom stereocenters. The van der Waals surface area contributed by atoms with E-state index in [1.807, 2.05) is 0 Å². The number of aryl methyl sites for hydroxylation is 1. The van der Waals surface area contributed by atoms with Gasteiger partial charge in [0.25, 0.3) is 0 Å². The molecular weight excluding hydrogens is 226 g/mol. The van der Waals surface area contributed by atoms with E-state index in [0.29, 0.717) is 5.75 Å². The summed E-state index contributed by atoms with van der Waals surface area (Å²) in [6, 6.07) is 0. The summed E-state index contributed by atoms with van der Waals surface area (Å²) in [6.07, 6.45) is 4.75. The fourth-order valence-corrected chi connectivity index (χ4v) is 2.71. The van der Waals surface area contributed by atoms with Gasteiger partial charge >= 0.3 is 5.97 Å². The molecule has 0 spiro atoms. The number of carboxylic acids is 1. The molecule has 2 rings (SSSR count). The van der Waals surface area contributed by atoms with Gasteiger partial charge in [-0.3, -0.25) is 4.79 Å². The lowest BCUT2D eigenvalue weighted by molar-refractivity contribution is -0.136. The Morgan fingerprint density at radius 3 is 3.06 bits per heavy atom. The summed E-state index contributed by atoms with van der Waals surface area (Å²) in [4.78, 5) is 10.4. The molecule has 1 aliphatic heterocycles. The molecule has 1 aromatic heterocycles. The average Bonchev–Trinajstić information content (AvgIpc) is 2.49. The maximum Gasteiger partial charge on any atom is 0.304 e. The highest BCUT2D eigenvalue weighted by atomic mass is 32.2. The van der Waals surface area contributed by atoms with E-state index in [4.69, 9.17) is 5.11 Å². The quantitative estimate of drug-likeness (QED) is 0.810. The van der Waals surface area contributed by atoms with Crippen LogP contribution < -0.4 is 0 Å². The van der Waals surface area contributed by atoms with Gasteiger partial charge in [-0.25, -0.2) is 0 Å². The summed E-state index contributed by atoms with van der Waals surface area (Å²) in [7, 11) is 0. The predicted molar refractivity (Wildman–Crippen MR) is 60.6 cm³/mol. The molecule has 0 amide bonds. The van der Waals surface area contributed by atoms with Crippen LogP contribution in [0.4, 0.5) is 0 Å². The first-order valence-corrected chi connectivity index (χ1v) is 6.52. The van der Waals surface area contributed by atoms with Crippen LogP contribution in [0.15, 0.2) is 5.16 Å². The lowest BCUT2D eigenvalue weighted by Crippen LogP contribution is -2.03. The lowest BCUT2D eigenvalue weighted by atomic mass is 10.2. The highest BCUT2D eigenvalue weighted by Crippen LogP contribution is 2.21. The van der Waals surface area contributed by atoms with Crippen molar-refractivity contribution >= 4 is 17.7 Å². The molecule has 0 saturated carbocycles. The maximum absolute atomic E-state index is 10.4. The second-order valence-corrected chi connectivity index (χ2v) is 4.92. The summed E-state index contributed by atoms with van der Waals surface area (Å²) in [5, 5.41) is 17.7. The van der Waals surface area contributed by atoms with Crippen LogP contribution in [0.3, 0.4) is 0 Å². The van der Waals surface area contributed by atoms with Crippen LogP contribution in [0.1, 0.15) is 31.5 Å². The Morgan fingerprint density at radius 1 is 1.38 bits per heavy atom. The largest absolute Gasteiger partial charge is 0.481 e. The van der Waals surface area contributed by atoms with E-state index >= 15 is 0 Å². The van der Waals surface area contributed by atoms with Crippen LogP contribution in [0.2, 0.25) is 0 Å². The molecule has 1 N–H and O–H groups in total. The number of hydrogen-bond acceptors (Lipinski definition) is 4. The van der Waals surface area contributed by atoms with Crippen LogP contribution in [0, 0.1) is 0 Å². The fourth-order valence-electron chi connectivity index (χ4n) is 1.79. The summed E-state index contributed by atoms with van der Waals surface area (Å²) < 4.78 is 2.14. The molecule has 6 heteroatoms. The van der Waals surface area contributed by atoms with Crippen molar-refractivity contribution in [3.05, 3.63) is 5.82 Å². The molecular formula is C10H15N3O2S. The van der Waals surface area contributed by atoms with Crippen LogP contribution in [-0.2, 0) is 17.8 Å². The molecule has 5 nitrogen and oxygen atoms in total. The third-order valence-corrected chi connectivity index (χ3v) is 3.59. The Morgan fingerprint density at radius 2 is 2.25 bits per heavy atom. The standard InChI is InChI=1S/C10H15N3O2S/c14-9(15)5-7-16-10-12-11-8-4-2-1-3-6-13(8)10/h1-7H2,(H,14,15). The lowest BCUT2D eigenvalue weighted by Gasteiger charge is -2.05. The molecule has 16 heavy (non-hydrogen) atoms. The number of carboxylic acid groups (broad SMARTS) is 1. The Kier molecular flexibility index (Phi) is 3.82. The fraction of sp³-hybridized carbons (Fsp3) is 0.700. The molecule has 1 aliphatic rings. The number of rotatable bonds is 4. The summed E-state index contributed by atoms with van der Waals surface area (Å²) in [6.45, 7) is 0.970. The maximum atomic E-state index is 10.4. The Hall–Kier alpha value is -1.04. The van der Waals surface area contributed by atoms with Gasteiger partial charge in [0.1, 0.15) is 5.82 Å². The average molecular weight is 241 g/mol. The Bertz CT molecular complexity index is 378. The van der Waals surface area contributed by atoms with Gasteiger partial charge in [0.15, 0.2) is 5.16 Å². The predicted octanol–water partition coefficient (Wildman–Crippen LogP) is 1.57. The minimum Gasteiger partial charge on any atom is -0.481 e. The summed E-state index contributed by atoms with van der Waals surface area (Å²) >= 11 is 1.49. The van der Waals surface area contributed by atoms with Gasteiger partial charge in [-0.1, -0.05) is 18.2 Å². The van der Waals surface area contributed by atoms with E-state index in [9.17, 15) is 4.79 Å². The highest BCUT2D eigenvalue weighted by Gasteiger charge is 2.14. The van der Waals surface area contributed by atoms with Crippen LogP contribution in [0.25, 0.3) is 0 Å². The smallest absolute Gasteiger partial charge is 0.304 e. The van der Waals surface area contributed by atoms with E-state index in [-0.39, 0.29) is 6.42 Å². The minimum absolute atomic E-state index is 0.173. The first-order chi connectivity index (χ1) is 7.77. The monoisotopic (exact) mass is 241 g/mol. The topological polar surface area (TPSA) is 68.0 Å². The molecule has 0 fully saturated rings. The highest BCUT2D eigenvalue weighted by molar-refractivity contribution is 7.99. The SMILES string of the molecule is O=C(O)CCSc1nnc2n1CCCCC2. The Balaban J connectivity index is 1.99. The summed E-state index contributed by atoms with van der Waals surface area (Å²) in [5.41, 5.74) is 0. The summed E-state index contributed by atoms with van der Waals surface area (Å²) in [5.74, 6) is 0.853. The van der Waals surface area contributed by atoms with Gasteiger partial charge < -0.3 is 9.67 Å². The molecule has 88 valence electrons. The third-order valence-electron chi connectivity index (χ3n) is 2.62. The molecule has 0 radical (unpaired) electrons. The van der Waals surface area contributed by atoms with Crippen molar-refractivity contribution in [2.45, 2.75) is 43.8 Å². The molecule has 0 saturated heterocycles. The van der Waals surface area contributed by atoms with Crippen molar-refractivity contribution in [1.82, 2.24) is 14.8 Å². The van der Waals surface area contributed by atoms with Gasteiger partial charge in [-0.15, -0.1) is 10.2 Å². The van der Waals surface area contributed by atoms with E-state index in [2.05, 4.69) is 14.8 Å². The number of carbonyl (C=O) groups is 1. The van der Waals surface area contributed by atoms with E-state index in [0.717, 1.165) is 30.4 Å². The van der Waals surface area contributed by atoms with Crippen molar-refractivity contribution in [2.24, 2.45) is 0 Å². The van der Waals surface area contributed by atoms with E-state index in [1.165, 1.54) is 24.6 Å². The normalized spacial score (nSPS) is 15.5. The van der Waals surface area contributed by atoms with Gasteiger partial charge in [0.05, 0.1) is 6.42 Å². The number of aromatic nitrogens is 3. The second-order valence-electron chi connectivity index (χ2n) is 3.85. The van der Waals surface area contributed by atoms with Crippen LogP contribution >= 0.6 is 11.8 Å². The van der Waals surface area contributed by atoms with Crippen molar-refractivity contribution in [1.29, 1.82) is 0 Å². The zero-order valence-electron chi connectivity index (χ0n) is 9.06. The number of nitrogens with zero attached hydrogens (tertiary/aromatic N) is 3. The van der Waals surface area contributed by atoms with Gasteiger partial charge in [-0.2, -0.15) is 0 Å². The molecule has 0 unspecified atom stereocenters. The number of fused-ring (bicyclic) bond motifs is 1. The van der Waals surface area contributed by atoms with Crippen molar-refractivity contribution in [3.63, 3.8) is 0 Å². The van der Waals surface area contributed by atoms with Crippen molar-refractivity contribution < 1.29 is 9.90 Å². The van der Waals surface area contributed by atoms with Crippen molar-refractivity contribution in [2.75, 3.05) is 5.75 Å². The first-order valence-electron chi connectivity index (χ1n) is 5.54. The number of aliphatic carboxylic acids is 1. The molecule has 2 heterocycles. The minimum atomic E-state index is -0.761. The zero-order chi connectivity index (χ0) is 11.4. The third kappa shape index (κ3) is 2.75. The van der Waals surface area contributed by atoms with E-state index < -0.39 is 5.97 Å². The molecule has 0 aliphatic carbocycles. The molecule has 0 bridgehead atoms. The first kappa shape index (κ1) is 11.4. The Labute approximate surface area is 98.3 Å². The van der Waals surface area contributed by atoms with E-state index in [1.54, 1.807) is 0 Å². The van der Waals surface area contributed by atoms with Gasteiger partial charge in [-0.05, 0) is 12.8 Å².